The topological polar surface area (TPSA) is 75.6 Å². The van der Waals surface area contributed by atoms with Gasteiger partial charge in [-0.15, -0.1) is 11.3 Å². The number of hydrogen-bond donors (Lipinski definition) is 2. The second-order valence-electron chi connectivity index (χ2n) is 7.82. The second-order valence-corrected chi connectivity index (χ2v) is 8.82. The zero-order chi connectivity index (χ0) is 22.8. The van der Waals surface area contributed by atoms with E-state index >= 15 is 0 Å². The summed E-state index contributed by atoms with van der Waals surface area (Å²) in [7, 11) is 0. The molecule has 5 rings (SSSR count). The van der Waals surface area contributed by atoms with E-state index in [9.17, 15) is 9.18 Å². The number of nitrogens with zero attached hydrogens (tertiary/aromatic N) is 3. The molecule has 3 heterocycles. The first kappa shape index (κ1) is 21.1. The summed E-state index contributed by atoms with van der Waals surface area (Å²) in [5.74, 6) is -0.492. The molecule has 0 atom stereocenters. The summed E-state index contributed by atoms with van der Waals surface area (Å²) in [4.78, 5) is 21.1. The lowest BCUT2D eigenvalue weighted by Gasteiger charge is -2.04. The standard InChI is InChI=1S/C25H22FN5OS/c1-16-23(24(32)28-14-17-6-8-19(26)9-7-17)33-25(29-16)22-11-13-31(30-22)12-10-18-15-27-21-5-3-2-4-20(18)21/h2-9,11,13,15,27H,10,12,14H2,1H3,(H,28,32). The van der Waals surface area contributed by atoms with E-state index in [0.29, 0.717) is 22.1 Å². The van der Waals surface area contributed by atoms with Crippen molar-refractivity contribution in [2.45, 2.75) is 26.4 Å². The molecule has 6 nitrogen and oxygen atoms in total. The SMILES string of the molecule is Cc1nc(-c2ccn(CCc3c[nH]c4ccccc34)n2)sc1C(=O)NCc1ccc(F)cc1. The summed E-state index contributed by atoms with van der Waals surface area (Å²) in [6, 6.07) is 16.3. The Morgan fingerprint density at radius 1 is 1.15 bits per heavy atom. The molecular formula is C25H22FN5OS. The Kier molecular flexibility index (Phi) is 5.75. The van der Waals surface area contributed by atoms with Crippen LogP contribution in [0.5, 0.6) is 0 Å². The molecule has 0 saturated heterocycles. The summed E-state index contributed by atoms with van der Waals surface area (Å²) in [5.41, 5.74) is 4.64. The highest BCUT2D eigenvalue weighted by molar-refractivity contribution is 7.17. The van der Waals surface area contributed by atoms with Crippen LogP contribution in [0.2, 0.25) is 0 Å². The highest BCUT2D eigenvalue weighted by atomic mass is 32.1. The summed E-state index contributed by atoms with van der Waals surface area (Å²) < 4.78 is 15.0. The molecule has 33 heavy (non-hydrogen) atoms. The molecule has 1 amide bonds. The van der Waals surface area contributed by atoms with E-state index in [-0.39, 0.29) is 11.7 Å². The normalized spacial score (nSPS) is 11.2. The zero-order valence-electron chi connectivity index (χ0n) is 18.0. The van der Waals surface area contributed by atoms with Crippen LogP contribution in [0.1, 0.15) is 26.5 Å². The molecule has 8 heteroatoms. The molecule has 0 spiro atoms. The highest BCUT2D eigenvalue weighted by Gasteiger charge is 2.17. The van der Waals surface area contributed by atoms with Gasteiger partial charge in [0, 0.05) is 36.4 Å². The molecule has 0 radical (unpaired) electrons. The number of nitrogens with one attached hydrogen (secondary N) is 2. The quantitative estimate of drug-likeness (QED) is 0.355. The number of hydrogen-bond acceptors (Lipinski definition) is 4. The van der Waals surface area contributed by atoms with Crippen LogP contribution in [0.4, 0.5) is 4.39 Å². The van der Waals surface area contributed by atoms with Crippen LogP contribution in [-0.4, -0.2) is 25.7 Å². The Labute approximate surface area is 194 Å². The van der Waals surface area contributed by atoms with E-state index in [1.54, 1.807) is 12.1 Å². The molecular weight excluding hydrogens is 437 g/mol. The van der Waals surface area contributed by atoms with Crippen molar-refractivity contribution >= 4 is 28.1 Å². The van der Waals surface area contributed by atoms with Gasteiger partial charge in [0.2, 0.25) is 0 Å². The van der Waals surface area contributed by atoms with Crippen LogP contribution >= 0.6 is 11.3 Å². The van der Waals surface area contributed by atoms with Crippen molar-refractivity contribution in [1.29, 1.82) is 0 Å². The van der Waals surface area contributed by atoms with Crippen molar-refractivity contribution < 1.29 is 9.18 Å². The smallest absolute Gasteiger partial charge is 0.263 e. The van der Waals surface area contributed by atoms with Crippen LogP contribution in [0.3, 0.4) is 0 Å². The molecule has 0 aliphatic rings. The minimum atomic E-state index is -0.297. The van der Waals surface area contributed by atoms with Crippen LogP contribution in [-0.2, 0) is 19.5 Å². The average molecular weight is 460 g/mol. The van der Waals surface area contributed by atoms with Crippen molar-refractivity contribution in [2.75, 3.05) is 0 Å². The van der Waals surface area contributed by atoms with Gasteiger partial charge in [0.05, 0.1) is 5.69 Å². The summed E-state index contributed by atoms with van der Waals surface area (Å²) in [5, 5.41) is 9.49. The fourth-order valence-electron chi connectivity index (χ4n) is 3.76. The first-order valence-electron chi connectivity index (χ1n) is 10.7. The van der Waals surface area contributed by atoms with Crippen LogP contribution in [0.25, 0.3) is 21.6 Å². The number of aromatic nitrogens is 4. The summed E-state index contributed by atoms with van der Waals surface area (Å²) >= 11 is 1.33. The van der Waals surface area contributed by atoms with Gasteiger partial charge in [-0.25, -0.2) is 9.37 Å². The number of rotatable bonds is 7. The summed E-state index contributed by atoms with van der Waals surface area (Å²) in [6.07, 6.45) is 4.85. The number of fused-ring (bicyclic) bond motifs is 1. The Hall–Kier alpha value is -3.78. The first-order valence-corrected chi connectivity index (χ1v) is 11.5. The lowest BCUT2D eigenvalue weighted by atomic mass is 10.1. The number of aromatic amines is 1. The predicted octanol–water partition coefficient (Wildman–Crippen LogP) is 5.11. The number of aryl methyl sites for hydroxylation is 3. The molecule has 0 saturated carbocycles. The third-order valence-electron chi connectivity index (χ3n) is 5.51. The number of carbonyl (C=O) groups is 1. The second kappa shape index (κ2) is 8.99. The van der Waals surface area contributed by atoms with E-state index in [1.165, 1.54) is 34.4 Å². The minimum absolute atomic E-state index is 0.195. The van der Waals surface area contributed by atoms with E-state index in [4.69, 9.17) is 0 Å². The Balaban J connectivity index is 1.24. The van der Waals surface area contributed by atoms with E-state index in [2.05, 4.69) is 38.7 Å². The molecule has 0 aliphatic carbocycles. The number of carbonyl (C=O) groups excluding carboxylic acids is 1. The predicted molar refractivity (Wildman–Crippen MR) is 128 cm³/mol. The van der Waals surface area contributed by atoms with Gasteiger partial charge in [-0.3, -0.25) is 9.48 Å². The molecule has 0 bridgehead atoms. The fourth-order valence-corrected chi connectivity index (χ4v) is 4.70. The molecule has 5 aromatic rings. The van der Waals surface area contributed by atoms with Gasteiger partial charge in [0.15, 0.2) is 0 Å². The third kappa shape index (κ3) is 4.56. The van der Waals surface area contributed by atoms with Gasteiger partial charge in [0.25, 0.3) is 5.91 Å². The molecule has 166 valence electrons. The molecule has 0 aliphatic heterocycles. The molecule has 0 fully saturated rings. The first-order chi connectivity index (χ1) is 16.1. The lowest BCUT2D eigenvalue weighted by molar-refractivity contribution is 0.0954. The van der Waals surface area contributed by atoms with Crippen molar-refractivity contribution in [1.82, 2.24) is 25.1 Å². The Bertz CT molecular complexity index is 1420. The lowest BCUT2D eigenvalue weighted by Crippen LogP contribution is -2.22. The maximum Gasteiger partial charge on any atom is 0.263 e. The fraction of sp³-hybridized carbons (Fsp3) is 0.160. The average Bonchev–Trinajstić information content (AvgIpc) is 3.55. The number of amides is 1. The van der Waals surface area contributed by atoms with Gasteiger partial charge in [-0.1, -0.05) is 30.3 Å². The minimum Gasteiger partial charge on any atom is -0.361 e. The van der Waals surface area contributed by atoms with Crippen LogP contribution in [0, 0.1) is 12.7 Å². The maximum absolute atomic E-state index is 13.0. The van der Waals surface area contributed by atoms with Gasteiger partial charge in [-0.2, -0.15) is 5.10 Å². The Morgan fingerprint density at radius 2 is 1.97 bits per heavy atom. The van der Waals surface area contributed by atoms with Gasteiger partial charge in [-0.05, 0) is 48.7 Å². The van der Waals surface area contributed by atoms with Crippen LogP contribution < -0.4 is 5.32 Å². The maximum atomic E-state index is 13.0. The van der Waals surface area contributed by atoms with Crippen molar-refractivity contribution in [3.63, 3.8) is 0 Å². The molecule has 0 unspecified atom stereocenters. The monoisotopic (exact) mass is 459 g/mol. The Morgan fingerprint density at radius 3 is 2.82 bits per heavy atom. The number of benzene rings is 2. The largest absolute Gasteiger partial charge is 0.361 e. The number of halogens is 1. The highest BCUT2D eigenvalue weighted by Crippen LogP contribution is 2.27. The van der Waals surface area contributed by atoms with Crippen molar-refractivity contribution in [2.24, 2.45) is 0 Å². The van der Waals surface area contributed by atoms with Gasteiger partial charge in [0.1, 0.15) is 21.4 Å². The van der Waals surface area contributed by atoms with E-state index < -0.39 is 0 Å². The number of para-hydroxylation sites is 1. The molecule has 2 aromatic carbocycles. The van der Waals surface area contributed by atoms with Gasteiger partial charge < -0.3 is 10.3 Å². The number of thiazole rings is 1. The van der Waals surface area contributed by atoms with E-state index in [0.717, 1.165) is 29.7 Å². The molecule has 3 aromatic heterocycles. The molecule has 2 N–H and O–H groups in total. The number of H-pyrrole nitrogens is 1. The van der Waals surface area contributed by atoms with Crippen molar-refractivity contribution in [3.8, 4) is 10.7 Å². The van der Waals surface area contributed by atoms with Gasteiger partial charge >= 0.3 is 0 Å². The zero-order valence-corrected chi connectivity index (χ0v) is 18.8. The third-order valence-corrected chi connectivity index (χ3v) is 6.69. The summed E-state index contributed by atoms with van der Waals surface area (Å²) in [6.45, 7) is 2.90. The van der Waals surface area contributed by atoms with Crippen LogP contribution in [0.15, 0.2) is 67.0 Å². The van der Waals surface area contributed by atoms with Crippen molar-refractivity contribution in [3.05, 3.63) is 94.5 Å². The van der Waals surface area contributed by atoms with E-state index in [1.807, 2.05) is 36.0 Å².